The van der Waals surface area contributed by atoms with Gasteiger partial charge in [-0.25, -0.2) is 4.18 Å². The summed E-state index contributed by atoms with van der Waals surface area (Å²) in [5.41, 5.74) is 0. The van der Waals surface area contributed by atoms with E-state index in [0.717, 1.165) is 6.92 Å². The van der Waals surface area contributed by atoms with Gasteiger partial charge >= 0.3 is 10.4 Å². The van der Waals surface area contributed by atoms with Crippen molar-refractivity contribution in [3.05, 3.63) is 0 Å². The van der Waals surface area contributed by atoms with Gasteiger partial charge in [-0.05, 0) is 0 Å². The maximum atomic E-state index is 11.9. The van der Waals surface area contributed by atoms with Crippen molar-refractivity contribution in [2.45, 2.75) is 92.7 Å². The van der Waals surface area contributed by atoms with Crippen molar-refractivity contribution in [2.24, 2.45) is 0 Å². The predicted molar refractivity (Wildman–Crippen MR) is 125 cm³/mol. The van der Waals surface area contributed by atoms with E-state index in [-0.39, 0.29) is 0 Å². The molecule has 0 saturated carbocycles. The molecule has 0 aromatic heterocycles. The van der Waals surface area contributed by atoms with Gasteiger partial charge in [0.2, 0.25) is 5.91 Å². The first kappa shape index (κ1) is 36.0. The predicted octanol–water partition coefficient (Wildman–Crippen LogP) is -7.97. The maximum absolute atomic E-state index is 11.9. The highest BCUT2D eigenvalue weighted by atomic mass is 32.3. The Morgan fingerprint density at radius 3 is 2.00 bits per heavy atom. The fraction of sp³-hybridized carbons (Fsp3) is 0.950. The third-order valence-electron chi connectivity index (χ3n) is 6.32. The second kappa shape index (κ2) is 15.5. The highest BCUT2D eigenvalue weighted by Crippen LogP contribution is 2.30. The van der Waals surface area contributed by atoms with Gasteiger partial charge < -0.3 is 75.3 Å². The Hall–Kier alpha value is -1.22. The zero-order valence-corrected chi connectivity index (χ0v) is 22.3. The van der Waals surface area contributed by atoms with Crippen LogP contribution in [-0.2, 0) is 38.3 Å². The minimum atomic E-state index is -5.10. The summed E-state index contributed by atoms with van der Waals surface area (Å²) < 4.78 is 57.3. The Bertz CT molecular complexity index is 924. The quantitative estimate of drug-likeness (QED) is 0.0795. The summed E-state index contributed by atoms with van der Waals surface area (Å²) >= 11 is 0. The number of aliphatic hydroxyl groups is 10. The third kappa shape index (κ3) is 9.64. The lowest BCUT2D eigenvalue weighted by Crippen LogP contribution is -2.68. The molecule has 2 aliphatic rings. The average Bonchev–Trinajstić information content (AvgIpc) is 2.91. The van der Waals surface area contributed by atoms with Crippen LogP contribution < -0.4 is 5.32 Å². The van der Waals surface area contributed by atoms with E-state index in [1.807, 2.05) is 0 Å². The van der Waals surface area contributed by atoms with Crippen molar-refractivity contribution >= 4 is 16.3 Å². The fourth-order valence-corrected chi connectivity index (χ4v) is 4.40. The van der Waals surface area contributed by atoms with E-state index in [0.29, 0.717) is 0 Å². The monoisotopic (exact) mass is 627 g/mol. The number of nitrogens with one attached hydrogen (secondary N) is 1. The maximum Gasteiger partial charge on any atom is 0.397 e. The highest BCUT2D eigenvalue weighted by Gasteiger charge is 2.52. The van der Waals surface area contributed by atoms with Crippen molar-refractivity contribution in [3.63, 3.8) is 0 Å². The summed E-state index contributed by atoms with van der Waals surface area (Å²) in [5, 5.41) is 101. The van der Waals surface area contributed by atoms with Gasteiger partial charge in [-0.3, -0.25) is 9.35 Å². The molecule has 0 spiro atoms. The van der Waals surface area contributed by atoms with E-state index >= 15 is 0 Å². The lowest BCUT2D eigenvalue weighted by atomic mass is 9.95. The van der Waals surface area contributed by atoms with Crippen LogP contribution in [0.25, 0.3) is 0 Å². The SMILES string of the molecule is CC(=O)N[C@H]1[C@H](OC[C@@H](O)[C@H](O)[C@H](O)[C@@H](O)CO)O[C@H](COS(=O)(=O)O)[C@@H](O[C@@H]2O[C@H](CO)[C@H](O)[C@H](O)[C@H]2O)[C@@H]1O. The third-order valence-corrected chi connectivity index (χ3v) is 6.75. The fourth-order valence-electron chi connectivity index (χ4n) is 4.10. The van der Waals surface area contributed by atoms with Crippen molar-refractivity contribution in [1.29, 1.82) is 0 Å². The van der Waals surface area contributed by atoms with Crippen molar-refractivity contribution in [3.8, 4) is 0 Å². The number of amides is 1. The molecule has 1 amide bonds. The first-order valence-corrected chi connectivity index (χ1v) is 13.5. The van der Waals surface area contributed by atoms with Crippen LogP contribution in [0, 0.1) is 0 Å². The lowest BCUT2D eigenvalue weighted by Gasteiger charge is -2.47. The van der Waals surface area contributed by atoms with Crippen LogP contribution >= 0.6 is 0 Å². The second-order valence-corrected chi connectivity index (χ2v) is 10.5. The van der Waals surface area contributed by atoms with Gasteiger partial charge in [0, 0.05) is 6.92 Å². The summed E-state index contributed by atoms with van der Waals surface area (Å²) in [6, 6.07) is -1.60. The van der Waals surface area contributed by atoms with Gasteiger partial charge in [0.25, 0.3) is 0 Å². The molecule has 12 N–H and O–H groups in total. The van der Waals surface area contributed by atoms with Crippen LogP contribution in [0.2, 0.25) is 0 Å². The molecule has 0 radical (unpaired) electrons. The molecular formula is C20H37NO19S. The van der Waals surface area contributed by atoms with Crippen molar-refractivity contribution in [1.82, 2.24) is 5.32 Å². The molecule has 41 heavy (non-hydrogen) atoms. The summed E-state index contributed by atoms with van der Waals surface area (Å²) in [6.45, 7) is -2.76. The number of hydrogen-bond acceptors (Lipinski definition) is 18. The first-order valence-electron chi connectivity index (χ1n) is 12.2. The molecule has 242 valence electrons. The molecule has 20 nitrogen and oxygen atoms in total. The van der Waals surface area contributed by atoms with Gasteiger partial charge in [-0.15, -0.1) is 0 Å². The zero-order chi connectivity index (χ0) is 31.2. The Morgan fingerprint density at radius 2 is 1.46 bits per heavy atom. The van der Waals surface area contributed by atoms with Gasteiger partial charge in [0.1, 0.15) is 73.2 Å². The first-order chi connectivity index (χ1) is 19.0. The van der Waals surface area contributed by atoms with E-state index in [1.54, 1.807) is 0 Å². The van der Waals surface area contributed by atoms with Crippen molar-refractivity contribution < 1.29 is 92.0 Å². The van der Waals surface area contributed by atoms with Gasteiger partial charge in [0.15, 0.2) is 12.6 Å². The molecule has 2 saturated heterocycles. The molecule has 2 fully saturated rings. The van der Waals surface area contributed by atoms with Crippen LogP contribution in [0.15, 0.2) is 0 Å². The molecule has 21 heteroatoms. The largest absolute Gasteiger partial charge is 0.397 e. The lowest BCUT2D eigenvalue weighted by molar-refractivity contribution is -0.349. The van der Waals surface area contributed by atoms with E-state index < -0.39 is 128 Å². The van der Waals surface area contributed by atoms with Gasteiger partial charge in [0.05, 0.1) is 26.4 Å². The topological polar surface area (TPSA) is 332 Å². The molecule has 0 bridgehead atoms. The van der Waals surface area contributed by atoms with E-state index in [4.69, 9.17) is 28.6 Å². The van der Waals surface area contributed by atoms with Crippen molar-refractivity contribution in [2.75, 3.05) is 26.4 Å². The zero-order valence-electron chi connectivity index (χ0n) is 21.5. The second-order valence-electron chi connectivity index (χ2n) is 9.40. The average molecular weight is 628 g/mol. The molecule has 2 aliphatic heterocycles. The highest BCUT2D eigenvalue weighted by molar-refractivity contribution is 7.80. The normalized spacial score (nSPS) is 37.7. The van der Waals surface area contributed by atoms with Crippen LogP contribution in [0.5, 0.6) is 0 Å². The van der Waals surface area contributed by atoms with E-state index in [2.05, 4.69) is 9.50 Å². The van der Waals surface area contributed by atoms with E-state index in [9.17, 15) is 59.2 Å². The smallest absolute Gasteiger partial charge is 0.394 e. The van der Waals surface area contributed by atoms with Crippen LogP contribution in [0.4, 0.5) is 0 Å². The minimum absolute atomic E-state index is 0.771. The van der Waals surface area contributed by atoms with E-state index in [1.165, 1.54) is 0 Å². The number of carbonyl (C=O) groups is 1. The minimum Gasteiger partial charge on any atom is -0.394 e. The Morgan fingerprint density at radius 1 is 0.878 bits per heavy atom. The Balaban J connectivity index is 2.31. The molecule has 0 aromatic carbocycles. The summed E-state index contributed by atoms with van der Waals surface area (Å²) in [6.07, 6.45) is -24.1. The molecule has 2 heterocycles. The Kier molecular flexibility index (Phi) is 13.6. The van der Waals surface area contributed by atoms with Crippen LogP contribution in [0.3, 0.4) is 0 Å². The van der Waals surface area contributed by atoms with Gasteiger partial charge in [-0.2, -0.15) is 8.42 Å². The number of ether oxygens (including phenoxy) is 4. The molecule has 2 rings (SSSR count). The van der Waals surface area contributed by atoms with Crippen LogP contribution in [0.1, 0.15) is 6.92 Å². The number of aliphatic hydroxyl groups excluding tert-OH is 10. The van der Waals surface area contributed by atoms with Gasteiger partial charge in [-0.1, -0.05) is 0 Å². The number of rotatable bonds is 14. The number of carbonyl (C=O) groups excluding carboxylic acids is 1. The summed E-state index contributed by atoms with van der Waals surface area (Å²) in [5.74, 6) is -0.771. The molecular weight excluding hydrogens is 590 g/mol. The number of hydrogen-bond donors (Lipinski definition) is 12. The Labute approximate surface area is 233 Å². The molecule has 14 atom stereocenters. The molecule has 0 unspecified atom stereocenters. The molecule has 0 aromatic rings. The standard InChI is InChI=1S/C20H37NO19S/c1-6(24)21-11-15(30)18(40-20-17(32)16(31)14(29)9(3-23)38-20)10(5-37-41(33,34)35)39-19(11)36-4-8(26)13(28)12(27)7(25)2-22/h7-20,22-23,25-32H,2-5H2,1H3,(H,21,24)(H,33,34,35)/t7-,8+,9+,10+,11+,12+,13-,14-,15+,16-,17+,18+,19+,20-/m0/s1. The molecule has 0 aliphatic carbocycles. The summed E-state index contributed by atoms with van der Waals surface area (Å²) in [7, 11) is -5.10. The summed E-state index contributed by atoms with van der Waals surface area (Å²) in [4.78, 5) is 11.9. The van der Waals surface area contributed by atoms with Crippen LogP contribution in [-0.4, -0.2) is 182 Å².